The number of H-pyrrole nitrogens is 1. The Balaban J connectivity index is 1.61. The molecule has 0 bridgehead atoms. The number of carbonyl (C=O) groups excluding carboxylic acids is 1. The quantitative estimate of drug-likeness (QED) is 0.912. The van der Waals surface area contributed by atoms with E-state index in [9.17, 15) is 4.79 Å². The lowest BCUT2D eigenvalue weighted by atomic mass is 10.0. The van der Waals surface area contributed by atoms with E-state index in [0.717, 1.165) is 56.2 Å². The number of rotatable bonds is 4. The largest absolute Gasteiger partial charge is 0.349 e. The Bertz CT molecular complexity index is 744. The second-order valence-corrected chi connectivity index (χ2v) is 7.35. The first-order chi connectivity index (χ1) is 11.7. The summed E-state index contributed by atoms with van der Waals surface area (Å²) in [5.74, 6) is 0.0775. The second kappa shape index (κ2) is 6.41. The molecule has 1 saturated carbocycles. The molecule has 1 aromatic carbocycles. The van der Waals surface area contributed by atoms with Crippen molar-refractivity contribution in [3.8, 4) is 0 Å². The summed E-state index contributed by atoms with van der Waals surface area (Å²) >= 11 is 6.52. The van der Waals surface area contributed by atoms with Crippen LogP contribution in [0.15, 0.2) is 24.3 Å². The monoisotopic (exact) mass is 345 g/mol. The number of benzene rings is 1. The van der Waals surface area contributed by atoms with Gasteiger partial charge in [0.2, 0.25) is 0 Å². The fraction of sp³-hybridized carbons (Fsp3) is 0.526. The van der Waals surface area contributed by atoms with E-state index in [0.29, 0.717) is 22.8 Å². The number of para-hydroxylation sites is 1. The summed E-state index contributed by atoms with van der Waals surface area (Å²) in [6.45, 7) is 5.46. The van der Waals surface area contributed by atoms with E-state index in [-0.39, 0.29) is 5.91 Å². The molecule has 0 spiro atoms. The van der Waals surface area contributed by atoms with Gasteiger partial charge in [-0.1, -0.05) is 36.7 Å². The zero-order chi connectivity index (χ0) is 16.7. The highest BCUT2D eigenvalue weighted by molar-refractivity contribution is 6.38. The molecular formula is C19H24ClN3O. The molecule has 2 heterocycles. The van der Waals surface area contributed by atoms with E-state index in [1.165, 1.54) is 0 Å². The Labute approximate surface area is 147 Å². The highest BCUT2D eigenvalue weighted by Gasteiger charge is 2.40. The van der Waals surface area contributed by atoms with Gasteiger partial charge in [-0.15, -0.1) is 0 Å². The van der Waals surface area contributed by atoms with Crippen molar-refractivity contribution in [1.29, 1.82) is 0 Å². The molecule has 0 unspecified atom stereocenters. The highest BCUT2D eigenvalue weighted by atomic mass is 35.5. The summed E-state index contributed by atoms with van der Waals surface area (Å²) < 4.78 is 0. The molecule has 2 aromatic rings. The molecule has 2 aliphatic rings. The Morgan fingerprint density at radius 1 is 1.21 bits per heavy atom. The molecule has 0 atom stereocenters. The number of aromatic nitrogens is 1. The van der Waals surface area contributed by atoms with E-state index in [2.05, 4.69) is 21.7 Å². The number of halogens is 1. The van der Waals surface area contributed by atoms with E-state index in [1.807, 2.05) is 24.3 Å². The van der Waals surface area contributed by atoms with Crippen LogP contribution in [0.4, 0.5) is 0 Å². The number of piperidine rings is 1. The second-order valence-electron chi connectivity index (χ2n) is 6.97. The van der Waals surface area contributed by atoms with Gasteiger partial charge in [-0.3, -0.25) is 4.79 Å². The van der Waals surface area contributed by atoms with Crippen molar-refractivity contribution in [1.82, 2.24) is 14.8 Å². The van der Waals surface area contributed by atoms with Crippen LogP contribution in [0.5, 0.6) is 0 Å². The maximum atomic E-state index is 13.3. The van der Waals surface area contributed by atoms with Gasteiger partial charge in [0.15, 0.2) is 0 Å². The number of hydrogen-bond acceptors (Lipinski definition) is 2. The molecule has 0 radical (unpaired) electrons. The van der Waals surface area contributed by atoms with E-state index < -0.39 is 0 Å². The van der Waals surface area contributed by atoms with Crippen LogP contribution >= 0.6 is 11.6 Å². The third-order valence-electron chi connectivity index (χ3n) is 5.43. The Kier molecular flexibility index (Phi) is 4.27. The van der Waals surface area contributed by atoms with Gasteiger partial charge in [-0.05, 0) is 38.3 Å². The number of nitrogens with one attached hydrogen (secondary N) is 1. The van der Waals surface area contributed by atoms with Crippen LogP contribution in [0.3, 0.4) is 0 Å². The molecule has 1 aromatic heterocycles. The van der Waals surface area contributed by atoms with Crippen LogP contribution in [-0.4, -0.2) is 52.4 Å². The van der Waals surface area contributed by atoms with Crippen molar-refractivity contribution < 1.29 is 4.79 Å². The number of likely N-dealkylation sites (tertiary alicyclic amines) is 1. The van der Waals surface area contributed by atoms with E-state index >= 15 is 0 Å². The van der Waals surface area contributed by atoms with Gasteiger partial charge in [0.1, 0.15) is 5.69 Å². The topological polar surface area (TPSA) is 39.3 Å². The SMILES string of the molecule is CCN1CCC(N(C(=O)c2[nH]c3ccccc3c2Cl)C2CC2)CC1. The zero-order valence-corrected chi connectivity index (χ0v) is 14.9. The normalized spacial score (nSPS) is 19.8. The van der Waals surface area contributed by atoms with E-state index in [1.54, 1.807) is 0 Å². The summed E-state index contributed by atoms with van der Waals surface area (Å²) in [6.07, 6.45) is 4.37. The summed E-state index contributed by atoms with van der Waals surface area (Å²) in [5.41, 5.74) is 1.49. The average molecular weight is 346 g/mol. The predicted molar refractivity (Wildman–Crippen MR) is 97.6 cm³/mol. The molecule has 24 heavy (non-hydrogen) atoms. The van der Waals surface area contributed by atoms with Crippen molar-refractivity contribution in [2.45, 2.75) is 44.7 Å². The summed E-state index contributed by atoms with van der Waals surface area (Å²) in [4.78, 5) is 21.1. The molecule has 1 aliphatic heterocycles. The maximum Gasteiger partial charge on any atom is 0.272 e. The number of carbonyl (C=O) groups is 1. The molecule has 4 nitrogen and oxygen atoms in total. The third-order valence-corrected chi connectivity index (χ3v) is 5.82. The van der Waals surface area contributed by atoms with Gasteiger partial charge in [-0.2, -0.15) is 0 Å². The van der Waals surface area contributed by atoms with E-state index in [4.69, 9.17) is 11.6 Å². The van der Waals surface area contributed by atoms with Gasteiger partial charge in [0, 0.05) is 36.1 Å². The lowest BCUT2D eigenvalue weighted by Gasteiger charge is -2.38. The Morgan fingerprint density at radius 3 is 2.50 bits per heavy atom. The Morgan fingerprint density at radius 2 is 1.88 bits per heavy atom. The molecule has 1 N–H and O–H groups in total. The molecule has 4 rings (SSSR count). The number of aromatic amines is 1. The smallest absolute Gasteiger partial charge is 0.272 e. The van der Waals surface area contributed by atoms with Gasteiger partial charge in [0.05, 0.1) is 5.02 Å². The number of fused-ring (bicyclic) bond motifs is 1. The first-order valence-corrected chi connectivity index (χ1v) is 9.38. The standard InChI is InChI=1S/C19H24ClN3O/c1-2-22-11-9-14(10-12-22)23(13-7-8-13)19(24)18-17(20)15-5-3-4-6-16(15)21-18/h3-6,13-14,21H,2,7-12H2,1H3. The lowest BCUT2D eigenvalue weighted by Crippen LogP contribution is -2.48. The zero-order valence-electron chi connectivity index (χ0n) is 14.1. The summed E-state index contributed by atoms with van der Waals surface area (Å²) in [7, 11) is 0. The molecule has 2 fully saturated rings. The van der Waals surface area contributed by atoms with Crippen LogP contribution < -0.4 is 0 Å². The minimum absolute atomic E-state index is 0.0775. The fourth-order valence-corrected chi connectivity index (χ4v) is 4.17. The van der Waals surface area contributed by atoms with Crippen LogP contribution in [0.1, 0.15) is 43.1 Å². The minimum Gasteiger partial charge on any atom is -0.349 e. The van der Waals surface area contributed by atoms with Gasteiger partial charge in [0.25, 0.3) is 5.91 Å². The van der Waals surface area contributed by atoms with Crippen molar-refractivity contribution in [2.75, 3.05) is 19.6 Å². The lowest BCUT2D eigenvalue weighted by molar-refractivity contribution is 0.0549. The van der Waals surface area contributed by atoms with Crippen molar-refractivity contribution in [2.24, 2.45) is 0 Å². The minimum atomic E-state index is 0.0775. The number of nitrogens with zero attached hydrogens (tertiary/aromatic N) is 2. The van der Waals surface area contributed by atoms with Crippen LogP contribution in [0.2, 0.25) is 5.02 Å². The van der Waals surface area contributed by atoms with Gasteiger partial charge >= 0.3 is 0 Å². The summed E-state index contributed by atoms with van der Waals surface area (Å²) in [5, 5.41) is 1.49. The molecule has 1 amide bonds. The first-order valence-electron chi connectivity index (χ1n) is 9.00. The molecular weight excluding hydrogens is 322 g/mol. The van der Waals surface area contributed by atoms with Gasteiger partial charge in [-0.25, -0.2) is 0 Å². The molecule has 128 valence electrons. The number of amides is 1. The first kappa shape index (κ1) is 16.0. The third kappa shape index (κ3) is 2.82. The van der Waals surface area contributed by atoms with Crippen molar-refractivity contribution >= 4 is 28.4 Å². The average Bonchev–Trinajstić information content (AvgIpc) is 3.39. The van der Waals surface area contributed by atoms with Gasteiger partial charge < -0.3 is 14.8 Å². The molecule has 5 heteroatoms. The number of hydrogen-bond donors (Lipinski definition) is 1. The van der Waals surface area contributed by atoms with Crippen LogP contribution in [0.25, 0.3) is 10.9 Å². The maximum absolute atomic E-state index is 13.3. The molecule has 1 saturated heterocycles. The fourth-order valence-electron chi connectivity index (χ4n) is 3.88. The van der Waals surface area contributed by atoms with Crippen LogP contribution in [-0.2, 0) is 0 Å². The Hall–Kier alpha value is -1.52. The van der Waals surface area contributed by atoms with Crippen molar-refractivity contribution in [3.05, 3.63) is 35.0 Å². The van der Waals surface area contributed by atoms with Crippen molar-refractivity contribution in [3.63, 3.8) is 0 Å². The predicted octanol–water partition coefficient (Wildman–Crippen LogP) is 3.91. The van der Waals surface area contributed by atoms with Crippen LogP contribution in [0, 0.1) is 0 Å². The molecule has 1 aliphatic carbocycles. The summed E-state index contributed by atoms with van der Waals surface area (Å²) in [6, 6.07) is 8.59. The highest BCUT2D eigenvalue weighted by Crippen LogP contribution is 2.35.